The first-order chi connectivity index (χ1) is 56.0. The lowest BCUT2D eigenvalue weighted by Crippen LogP contribution is -2.05. The number of carbonyl (C=O) groups excluding carboxylic acids is 4. The van der Waals surface area contributed by atoms with Gasteiger partial charge in [0.25, 0.3) is 0 Å². The minimum atomic E-state index is -0.545. The maximum atomic E-state index is 14.2. The lowest BCUT2D eigenvalue weighted by atomic mass is 9.96. The Kier molecular flexibility index (Phi) is 19.5. The first kappa shape index (κ1) is 71.0. The van der Waals surface area contributed by atoms with Gasteiger partial charge in [0.05, 0.1) is 74.2 Å². The molecule has 0 aliphatic heterocycles. The molecular weight excluding hydrogens is 1420 g/mol. The Hall–Kier alpha value is -16.0. The Morgan fingerprint density at radius 2 is 0.632 bits per heavy atom. The molecule has 3 aromatic heterocycles. The summed E-state index contributed by atoms with van der Waals surface area (Å²) in [4.78, 5) is 77.1. The van der Waals surface area contributed by atoms with Crippen molar-refractivity contribution in [1.82, 2.24) is 24.1 Å². The van der Waals surface area contributed by atoms with Gasteiger partial charge in [0, 0.05) is 49.6 Å². The Bertz CT molecular complexity index is 6240. The van der Waals surface area contributed by atoms with Gasteiger partial charge in [0.15, 0.2) is 23.2 Å². The van der Waals surface area contributed by atoms with Crippen LogP contribution in [0.2, 0.25) is 0 Å². The second-order valence-corrected chi connectivity index (χ2v) is 27.2. The highest BCUT2D eigenvalue weighted by Crippen LogP contribution is 2.43. The average molecular weight is 1480 g/mol. The van der Waals surface area contributed by atoms with Crippen LogP contribution >= 0.6 is 0 Å². The van der Waals surface area contributed by atoms with Crippen molar-refractivity contribution in [2.24, 2.45) is 0 Å². The van der Waals surface area contributed by atoms with Crippen molar-refractivity contribution in [2.45, 2.75) is 26.4 Å². The van der Waals surface area contributed by atoms with Gasteiger partial charge < -0.3 is 28.1 Å². The Labute approximate surface area is 654 Å². The molecule has 0 atom stereocenters. The zero-order chi connectivity index (χ0) is 77.6. The van der Waals surface area contributed by atoms with Crippen molar-refractivity contribution >= 4 is 73.2 Å². The second kappa shape index (κ2) is 31.3. The number of nitrogens with zero attached hydrogens (tertiary/aromatic N) is 8. The van der Waals surface area contributed by atoms with Crippen molar-refractivity contribution in [2.75, 3.05) is 0 Å². The van der Waals surface area contributed by atoms with Crippen molar-refractivity contribution in [3.63, 3.8) is 0 Å². The summed E-state index contributed by atoms with van der Waals surface area (Å²) in [7, 11) is 0. The number of esters is 4. The van der Waals surface area contributed by atoms with Crippen molar-refractivity contribution < 1.29 is 38.1 Å². The highest BCUT2D eigenvalue weighted by Gasteiger charge is 2.26. The molecule has 14 aromatic carbocycles. The molecule has 114 heavy (non-hydrogen) atoms. The van der Waals surface area contributed by atoms with E-state index in [1.54, 1.807) is 66.7 Å². The highest BCUT2D eigenvalue weighted by atomic mass is 16.5. The summed E-state index contributed by atoms with van der Waals surface area (Å²) in [5.41, 5.74) is 15.4. The van der Waals surface area contributed by atoms with Gasteiger partial charge in [-0.1, -0.05) is 194 Å². The molecule has 0 radical (unpaired) electrons. The van der Waals surface area contributed by atoms with E-state index < -0.39 is 23.9 Å². The molecule has 17 aromatic rings. The molecular formula is C98H62N8O8. The van der Waals surface area contributed by atoms with Crippen molar-refractivity contribution in [1.29, 1.82) is 10.5 Å². The fourth-order valence-electron chi connectivity index (χ4n) is 14.4. The van der Waals surface area contributed by atoms with Crippen LogP contribution in [0, 0.1) is 29.2 Å². The molecule has 0 amide bonds. The molecule has 0 fully saturated rings. The van der Waals surface area contributed by atoms with E-state index in [9.17, 15) is 29.7 Å². The van der Waals surface area contributed by atoms with Crippen LogP contribution in [-0.4, -0.2) is 48.0 Å². The average Bonchev–Trinajstić information content (AvgIpc) is 1.59. The molecule has 16 nitrogen and oxygen atoms in total. The van der Waals surface area contributed by atoms with E-state index in [1.807, 2.05) is 261 Å². The quantitative estimate of drug-likeness (QED) is 0.0396. The molecule has 0 aliphatic carbocycles. The van der Waals surface area contributed by atoms with Crippen LogP contribution in [0.25, 0.3) is 127 Å². The maximum Gasteiger partial charge on any atom is 0.338 e. The predicted octanol–water partition coefficient (Wildman–Crippen LogP) is 21.8. The molecule has 0 aliphatic rings. The molecule has 0 N–H and O–H groups in total. The van der Waals surface area contributed by atoms with Crippen LogP contribution < -0.4 is 0 Å². The topological polar surface area (TPSA) is 206 Å². The van der Waals surface area contributed by atoms with Crippen molar-refractivity contribution in [3.8, 4) is 91.1 Å². The number of benzene rings is 14. The van der Waals surface area contributed by atoms with E-state index in [-0.39, 0.29) is 66.2 Å². The molecule has 16 heteroatoms. The monoisotopic (exact) mass is 1480 g/mol. The van der Waals surface area contributed by atoms with E-state index in [0.29, 0.717) is 111 Å². The van der Waals surface area contributed by atoms with E-state index in [4.69, 9.17) is 40.5 Å². The number of fused-ring (bicyclic) bond motifs is 6. The number of carbonyl (C=O) groups is 4. The second-order valence-electron chi connectivity index (χ2n) is 27.2. The maximum absolute atomic E-state index is 14.2. The highest BCUT2D eigenvalue weighted by molar-refractivity contribution is 6.15. The standard InChI is InChI=1S/C98H62N8O8/c1-101-77-33-17-31-71(49-77)81-41-39-79(106-90-44-36-75(97(109)113-60-64-22-10-4-11-23-64)52-84(90)85-53-76(37-45-91(85)106)98(110)114-61-65-24-12-5-13-25-65)55-87(81)94-103-92(72-32-16-29-69(48-72)68-28-14-26-66(46-68)56-99)102-93(104-94)86-54-78(38-40-80(86)70-30-15-27-67(47-70)57-100)105-88-42-34-73(95(107)111-58-62-18-6-2-7-19-62)50-82(88)83-51-74(35-43-89(83)105)96(108)112-59-63-20-8-3-9-21-63/h2-55H,58-61H2. The van der Waals surface area contributed by atoms with E-state index in [2.05, 4.69) is 26.1 Å². The van der Waals surface area contributed by atoms with E-state index >= 15 is 0 Å². The summed E-state index contributed by atoms with van der Waals surface area (Å²) in [6, 6.07) is 105. The number of aromatic nitrogens is 5. The van der Waals surface area contributed by atoms with Gasteiger partial charge >= 0.3 is 23.9 Å². The zero-order valence-corrected chi connectivity index (χ0v) is 60.8. The van der Waals surface area contributed by atoms with Crippen LogP contribution in [0.5, 0.6) is 0 Å². The van der Waals surface area contributed by atoms with Gasteiger partial charge in [-0.05, 0) is 189 Å². The lowest BCUT2D eigenvalue weighted by Gasteiger charge is -2.18. The van der Waals surface area contributed by atoms with Gasteiger partial charge in [0.2, 0.25) is 0 Å². The molecule has 17 rings (SSSR count). The third kappa shape index (κ3) is 14.6. The number of ether oxygens (including phenoxy) is 4. The van der Waals surface area contributed by atoms with Crippen molar-refractivity contribution in [3.05, 3.63) is 395 Å². The summed E-state index contributed by atoms with van der Waals surface area (Å²) in [5.74, 6) is -1.50. The smallest absolute Gasteiger partial charge is 0.338 e. The van der Waals surface area contributed by atoms with E-state index in [1.165, 1.54) is 0 Å². The Balaban J connectivity index is 0.883. The lowest BCUT2D eigenvalue weighted by molar-refractivity contribution is 0.0464. The van der Waals surface area contributed by atoms with Crippen LogP contribution in [0.15, 0.2) is 328 Å². The Morgan fingerprint density at radius 3 is 1.01 bits per heavy atom. The summed E-state index contributed by atoms with van der Waals surface area (Å²) in [6.07, 6.45) is 0. The SMILES string of the molecule is [C-]#[N+]c1cccc(-c2ccc(-n3c4ccc(C(=O)OCc5ccccc5)cc4c4cc(C(=O)OCc5ccccc5)ccc43)cc2-c2nc(-c3cccc(-c4cccc(C#N)c4)c3)nc(-c3cc(-n4c5ccc(C(=O)OCc6ccccc6)cc5c5cc(C(=O)OCc6ccccc6)ccc54)ccc3-c3cccc(C#N)c3)n2)c1. The van der Waals surface area contributed by atoms with Gasteiger partial charge in [-0.3, -0.25) is 0 Å². The minimum absolute atomic E-state index is 0.0462. The third-order valence-electron chi connectivity index (χ3n) is 20.0. The first-order valence-electron chi connectivity index (χ1n) is 36.6. The minimum Gasteiger partial charge on any atom is -0.457 e. The molecule has 0 unspecified atom stereocenters. The van der Waals surface area contributed by atoms with E-state index in [0.717, 1.165) is 33.4 Å². The molecule has 3 heterocycles. The summed E-state index contributed by atoms with van der Waals surface area (Å²) in [5, 5.41) is 23.2. The predicted molar refractivity (Wildman–Crippen MR) is 439 cm³/mol. The molecule has 0 saturated heterocycles. The molecule has 0 saturated carbocycles. The van der Waals surface area contributed by atoms with Crippen LogP contribution in [0.1, 0.15) is 74.8 Å². The van der Waals surface area contributed by atoms with Crippen LogP contribution in [-0.2, 0) is 45.4 Å². The van der Waals surface area contributed by atoms with Gasteiger partial charge in [-0.15, -0.1) is 0 Å². The summed E-state index contributed by atoms with van der Waals surface area (Å²) >= 11 is 0. The number of hydrogen-bond acceptors (Lipinski definition) is 13. The zero-order valence-electron chi connectivity index (χ0n) is 60.8. The fraction of sp³-hybridized carbons (Fsp3) is 0.0408. The van der Waals surface area contributed by atoms with Gasteiger partial charge in [-0.2, -0.15) is 10.5 Å². The summed E-state index contributed by atoms with van der Waals surface area (Å²) in [6.45, 7) is 8.42. The Morgan fingerprint density at radius 1 is 0.307 bits per heavy atom. The van der Waals surface area contributed by atoms with Gasteiger partial charge in [0.1, 0.15) is 26.4 Å². The third-order valence-corrected chi connectivity index (χ3v) is 20.0. The number of rotatable bonds is 20. The van der Waals surface area contributed by atoms with Crippen LogP contribution in [0.4, 0.5) is 5.69 Å². The normalized spacial score (nSPS) is 11.1. The molecule has 542 valence electrons. The molecule has 0 bridgehead atoms. The molecule has 0 spiro atoms. The fourth-order valence-corrected chi connectivity index (χ4v) is 14.4. The number of hydrogen-bond donors (Lipinski definition) is 0. The summed E-state index contributed by atoms with van der Waals surface area (Å²) < 4.78 is 27.7. The number of nitriles is 2. The first-order valence-corrected chi connectivity index (χ1v) is 36.6. The largest absolute Gasteiger partial charge is 0.457 e. The van der Waals surface area contributed by atoms with Gasteiger partial charge in [-0.25, -0.2) is 39.0 Å². The van der Waals surface area contributed by atoms with Crippen LogP contribution in [0.3, 0.4) is 0 Å².